The lowest BCUT2D eigenvalue weighted by Gasteiger charge is -2.06. The van der Waals surface area contributed by atoms with Crippen molar-refractivity contribution in [3.05, 3.63) is 16.0 Å². The van der Waals surface area contributed by atoms with E-state index in [9.17, 15) is 0 Å². The summed E-state index contributed by atoms with van der Waals surface area (Å²) in [5, 5.41) is 0. The molecule has 0 bridgehead atoms. The molecule has 0 spiro atoms. The van der Waals surface area contributed by atoms with Crippen LogP contribution < -0.4 is 5.73 Å². The molecular weight excluding hydrogens is 230 g/mol. The van der Waals surface area contributed by atoms with Crippen LogP contribution in [0, 0.1) is 0 Å². The predicted molar refractivity (Wildman–Crippen MR) is 55.4 cm³/mol. The first-order valence-corrected chi connectivity index (χ1v) is 5.37. The third-order valence-corrected chi connectivity index (χ3v) is 2.79. The Morgan fingerprint density at radius 3 is 2.69 bits per heavy atom. The van der Waals surface area contributed by atoms with E-state index in [0.717, 1.165) is 18.5 Å². The van der Waals surface area contributed by atoms with Crippen LogP contribution in [0.15, 0.2) is 4.73 Å². The van der Waals surface area contributed by atoms with E-state index >= 15 is 0 Å². The molecule has 0 saturated heterocycles. The van der Waals surface area contributed by atoms with Gasteiger partial charge in [0.25, 0.3) is 0 Å². The molecule has 2 N–H and O–H groups in total. The molecule has 0 fully saturated rings. The van der Waals surface area contributed by atoms with Crippen molar-refractivity contribution in [3.8, 4) is 0 Å². The van der Waals surface area contributed by atoms with Crippen LogP contribution in [-0.2, 0) is 12.8 Å². The van der Waals surface area contributed by atoms with Crippen molar-refractivity contribution in [1.29, 1.82) is 0 Å². The molecule has 1 heterocycles. The molecule has 70 valence electrons. The summed E-state index contributed by atoms with van der Waals surface area (Å²) >= 11 is 3.26. The number of fused-ring (bicyclic) bond motifs is 1. The second-order valence-electron chi connectivity index (χ2n) is 3.36. The van der Waals surface area contributed by atoms with Gasteiger partial charge in [-0.15, -0.1) is 0 Å². The van der Waals surface area contributed by atoms with Crippen LogP contribution in [0.4, 0.5) is 5.82 Å². The van der Waals surface area contributed by atoms with E-state index in [-0.39, 0.29) is 0 Å². The Labute approximate surface area is 85.9 Å². The number of rotatable bonds is 0. The average Bonchev–Trinajstić information content (AvgIpc) is 2.28. The Morgan fingerprint density at radius 2 is 1.85 bits per heavy atom. The maximum Gasteiger partial charge on any atom is 0.198 e. The van der Waals surface area contributed by atoms with Gasteiger partial charge in [-0.2, -0.15) is 0 Å². The van der Waals surface area contributed by atoms with E-state index in [1.807, 2.05) is 0 Å². The molecule has 13 heavy (non-hydrogen) atoms. The average molecular weight is 242 g/mol. The maximum atomic E-state index is 5.83. The highest BCUT2D eigenvalue weighted by atomic mass is 79.9. The minimum Gasteiger partial charge on any atom is -0.383 e. The Bertz CT molecular complexity index is 325. The molecule has 2 rings (SSSR count). The summed E-state index contributed by atoms with van der Waals surface area (Å²) in [4.78, 5) is 8.47. The zero-order valence-corrected chi connectivity index (χ0v) is 8.97. The fourth-order valence-electron chi connectivity index (χ4n) is 1.77. The lowest BCUT2D eigenvalue weighted by molar-refractivity contribution is 0.708. The molecule has 1 aliphatic rings. The van der Waals surface area contributed by atoms with Crippen molar-refractivity contribution in [1.82, 2.24) is 9.97 Å². The van der Waals surface area contributed by atoms with Gasteiger partial charge in [0.1, 0.15) is 5.82 Å². The van der Waals surface area contributed by atoms with E-state index in [4.69, 9.17) is 5.73 Å². The first-order valence-electron chi connectivity index (χ1n) is 4.58. The molecule has 0 saturated carbocycles. The Hall–Kier alpha value is -0.640. The zero-order chi connectivity index (χ0) is 9.26. The van der Waals surface area contributed by atoms with Crippen molar-refractivity contribution < 1.29 is 0 Å². The lowest BCUT2D eigenvalue weighted by atomic mass is 10.1. The second kappa shape index (κ2) is 3.62. The first kappa shape index (κ1) is 8.94. The number of nitrogen functional groups attached to an aromatic ring is 1. The van der Waals surface area contributed by atoms with Crippen LogP contribution in [0.3, 0.4) is 0 Å². The molecule has 3 nitrogen and oxygen atoms in total. The lowest BCUT2D eigenvalue weighted by Crippen LogP contribution is -2.04. The van der Waals surface area contributed by atoms with E-state index in [1.54, 1.807) is 0 Å². The normalized spacial score (nSPS) is 16.4. The molecule has 1 aromatic heterocycles. The van der Waals surface area contributed by atoms with Gasteiger partial charge in [-0.3, -0.25) is 0 Å². The van der Waals surface area contributed by atoms with Gasteiger partial charge < -0.3 is 5.73 Å². The van der Waals surface area contributed by atoms with E-state index in [1.165, 1.54) is 24.8 Å². The molecule has 0 atom stereocenters. The van der Waals surface area contributed by atoms with Gasteiger partial charge in [-0.1, -0.05) is 6.42 Å². The number of anilines is 1. The maximum absolute atomic E-state index is 5.83. The second-order valence-corrected chi connectivity index (χ2v) is 4.07. The smallest absolute Gasteiger partial charge is 0.198 e. The molecule has 0 unspecified atom stereocenters. The summed E-state index contributed by atoms with van der Waals surface area (Å²) in [6, 6.07) is 0. The largest absolute Gasteiger partial charge is 0.383 e. The molecule has 0 radical (unpaired) electrons. The summed E-state index contributed by atoms with van der Waals surface area (Å²) in [7, 11) is 0. The molecule has 0 aromatic carbocycles. The number of nitrogens with two attached hydrogens (primary N) is 1. The van der Waals surface area contributed by atoms with Crippen LogP contribution >= 0.6 is 15.9 Å². The predicted octanol–water partition coefficient (Wildman–Crippen LogP) is 2.09. The van der Waals surface area contributed by atoms with Crippen LogP contribution in [0.1, 0.15) is 30.5 Å². The fourth-order valence-corrected chi connectivity index (χ4v) is 2.17. The van der Waals surface area contributed by atoms with E-state index in [0.29, 0.717) is 10.6 Å². The van der Waals surface area contributed by atoms with Gasteiger partial charge in [-0.05, 0) is 41.6 Å². The number of aryl methyl sites for hydroxylation is 1. The molecule has 0 aliphatic heterocycles. The summed E-state index contributed by atoms with van der Waals surface area (Å²) < 4.78 is 0.616. The minimum atomic E-state index is 0.616. The Balaban J connectivity index is 2.47. The summed E-state index contributed by atoms with van der Waals surface area (Å²) in [6.07, 6.45) is 5.78. The van der Waals surface area contributed by atoms with Crippen molar-refractivity contribution in [2.75, 3.05) is 5.73 Å². The SMILES string of the molecule is Nc1nc(Br)nc2c1CCCCC2. The first-order chi connectivity index (χ1) is 6.27. The fraction of sp³-hybridized carbons (Fsp3) is 0.556. The monoisotopic (exact) mass is 241 g/mol. The van der Waals surface area contributed by atoms with Crippen LogP contribution in [0.5, 0.6) is 0 Å². The Kier molecular flexibility index (Phi) is 2.49. The highest BCUT2D eigenvalue weighted by Gasteiger charge is 2.13. The summed E-state index contributed by atoms with van der Waals surface area (Å²) in [5.41, 5.74) is 8.13. The number of hydrogen-bond acceptors (Lipinski definition) is 3. The van der Waals surface area contributed by atoms with Gasteiger partial charge in [0, 0.05) is 5.56 Å². The van der Waals surface area contributed by atoms with Crippen molar-refractivity contribution in [3.63, 3.8) is 0 Å². The quantitative estimate of drug-likeness (QED) is 0.559. The number of aromatic nitrogens is 2. The van der Waals surface area contributed by atoms with Crippen molar-refractivity contribution in [2.24, 2.45) is 0 Å². The molecule has 0 amide bonds. The Morgan fingerprint density at radius 1 is 1.08 bits per heavy atom. The highest BCUT2D eigenvalue weighted by Crippen LogP contribution is 2.23. The number of halogens is 1. The van der Waals surface area contributed by atoms with Gasteiger partial charge in [0.2, 0.25) is 0 Å². The van der Waals surface area contributed by atoms with Crippen LogP contribution in [0.25, 0.3) is 0 Å². The molecular formula is C9H12BrN3. The van der Waals surface area contributed by atoms with Gasteiger partial charge in [-0.25, -0.2) is 9.97 Å². The highest BCUT2D eigenvalue weighted by molar-refractivity contribution is 9.10. The zero-order valence-electron chi connectivity index (χ0n) is 7.39. The van der Waals surface area contributed by atoms with Crippen LogP contribution in [0.2, 0.25) is 0 Å². The third-order valence-electron chi connectivity index (χ3n) is 2.44. The van der Waals surface area contributed by atoms with Crippen molar-refractivity contribution >= 4 is 21.7 Å². The molecule has 1 aromatic rings. The van der Waals surface area contributed by atoms with Crippen molar-refractivity contribution in [2.45, 2.75) is 32.1 Å². The minimum absolute atomic E-state index is 0.616. The van der Waals surface area contributed by atoms with E-state index in [2.05, 4.69) is 25.9 Å². The van der Waals surface area contributed by atoms with Crippen LogP contribution in [-0.4, -0.2) is 9.97 Å². The van der Waals surface area contributed by atoms with Gasteiger partial charge in [0.05, 0.1) is 5.69 Å². The summed E-state index contributed by atoms with van der Waals surface area (Å²) in [6.45, 7) is 0. The van der Waals surface area contributed by atoms with Gasteiger partial charge >= 0.3 is 0 Å². The number of nitrogens with zero attached hydrogens (tertiary/aromatic N) is 2. The molecule has 1 aliphatic carbocycles. The molecule has 4 heteroatoms. The third kappa shape index (κ3) is 1.82. The van der Waals surface area contributed by atoms with E-state index < -0.39 is 0 Å². The van der Waals surface area contributed by atoms with Gasteiger partial charge in [0.15, 0.2) is 4.73 Å². The summed E-state index contributed by atoms with van der Waals surface area (Å²) in [5.74, 6) is 0.652. The number of hydrogen-bond donors (Lipinski definition) is 1. The standard InChI is InChI=1S/C9H12BrN3/c10-9-12-7-5-3-1-2-4-6(7)8(11)13-9/h1-5H2,(H2,11,12,13). The topological polar surface area (TPSA) is 51.8 Å².